The third-order valence-corrected chi connectivity index (χ3v) is 2.81. The molecule has 0 saturated carbocycles. The first kappa shape index (κ1) is 16.3. The number of anilines is 1. The maximum atomic E-state index is 11.6. The molecule has 0 spiro atoms. The van der Waals surface area contributed by atoms with Crippen LogP contribution in [0.25, 0.3) is 0 Å². The van der Waals surface area contributed by atoms with Gasteiger partial charge in [0.2, 0.25) is 11.7 Å². The van der Waals surface area contributed by atoms with E-state index in [1.165, 1.54) is 24.3 Å². The van der Waals surface area contributed by atoms with E-state index in [9.17, 15) is 14.9 Å². The van der Waals surface area contributed by atoms with E-state index in [-0.39, 0.29) is 24.0 Å². The Bertz CT molecular complexity index is 497. The van der Waals surface area contributed by atoms with E-state index in [4.69, 9.17) is 4.74 Å². The summed E-state index contributed by atoms with van der Waals surface area (Å²) in [4.78, 5) is 27.5. The highest BCUT2D eigenvalue weighted by Gasteiger charge is 2.20. The number of carbonyl (C=O) groups excluding carboxylic acids is 1. The lowest BCUT2D eigenvalue weighted by molar-refractivity contribution is -0.384. The largest absolute Gasteiger partial charge is 0.383 e. The number of nitro groups is 1. The highest BCUT2D eigenvalue weighted by atomic mass is 79.9. The molecule has 0 fully saturated rings. The van der Waals surface area contributed by atoms with Gasteiger partial charge in [-0.15, -0.1) is 0 Å². The van der Waals surface area contributed by atoms with Crippen molar-refractivity contribution in [1.29, 1.82) is 0 Å². The predicted octanol–water partition coefficient (Wildman–Crippen LogP) is 0.951. The second kappa shape index (κ2) is 7.75. The lowest BCUT2D eigenvalue weighted by Gasteiger charge is -2.17. The predicted molar refractivity (Wildman–Crippen MR) is 76.7 cm³/mol. The summed E-state index contributed by atoms with van der Waals surface area (Å²) in [5, 5.41) is 13.6. The van der Waals surface area contributed by atoms with Crippen LogP contribution in [0.2, 0.25) is 0 Å². The topological polar surface area (TPSA) is 97.6 Å². The third kappa shape index (κ3) is 4.74. The minimum Gasteiger partial charge on any atom is -0.383 e. The summed E-state index contributed by atoms with van der Waals surface area (Å²) in [7, 11) is 3.10. The Kier molecular flexibility index (Phi) is 6.32. The standard InChI is InChI=1S/C11H15BrN4O4/c1-15(7-10(17)13-3-4-20-2)11-9(16(18)19)5-8(12)6-14-11/h5-6H,3-4,7H2,1-2H3,(H,13,17). The number of hydrogen-bond acceptors (Lipinski definition) is 6. The Labute approximate surface area is 124 Å². The number of amides is 1. The number of aromatic nitrogens is 1. The summed E-state index contributed by atoms with van der Waals surface area (Å²) in [6.45, 7) is 0.768. The first-order valence-corrected chi connectivity index (χ1v) is 6.51. The molecule has 0 bridgehead atoms. The van der Waals surface area contributed by atoms with Gasteiger partial charge in [-0.25, -0.2) is 4.98 Å². The summed E-state index contributed by atoms with van der Waals surface area (Å²) < 4.78 is 5.32. The molecular weight excluding hydrogens is 332 g/mol. The van der Waals surface area contributed by atoms with Crippen LogP contribution in [-0.4, -0.2) is 49.7 Å². The SMILES string of the molecule is COCCNC(=O)CN(C)c1ncc(Br)cc1[N+](=O)[O-]. The molecule has 0 radical (unpaired) electrons. The second-order valence-electron chi connectivity index (χ2n) is 3.95. The molecule has 1 aromatic heterocycles. The van der Waals surface area contributed by atoms with Crippen LogP contribution in [0.15, 0.2) is 16.7 Å². The Balaban J connectivity index is 2.74. The zero-order valence-corrected chi connectivity index (χ0v) is 12.7. The maximum absolute atomic E-state index is 11.6. The van der Waals surface area contributed by atoms with Crippen molar-refractivity contribution < 1.29 is 14.5 Å². The van der Waals surface area contributed by atoms with Gasteiger partial charge in [0.05, 0.1) is 18.1 Å². The zero-order valence-electron chi connectivity index (χ0n) is 11.1. The Morgan fingerprint density at radius 1 is 1.65 bits per heavy atom. The molecule has 0 atom stereocenters. The molecule has 8 nitrogen and oxygen atoms in total. The van der Waals surface area contributed by atoms with Gasteiger partial charge in [0.25, 0.3) is 0 Å². The lowest BCUT2D eigenvalue weighted by atomic mass is 10.3. The number of nitrogens with zero attached hydrogens (tertiary/aromatic N) is 3. The third-order valence-electron chi connectivity index (χ3n) is 2.38. The van der Waals surface area contributed by atoms with Gasteiger partial charge in [-0.2, -0.15) is 0 Å². The molecule has 1 aromatic rings. The fourth-order valence-electron chi connectivity index (χ4n) is 1.49. The lowest BCUT2D eigenvalue weighted by Crippen LogP contribution is -2.37. The van der Waals surface area contributed by atoms with Gasteiger partial charge in [0.15, 0.2) is 0 Å². The van der Waals surface area contributed by atoms with Crippen molar-refractivity contribution in [3.63, 3.8) is 0 Å². The van der Waals surface area contributed by atoms with E-state index in [1.807, 2.05) is 0 Å². The van der Waals surface area contributed by atoms with Gasteiger partial charge in [0, 0.05) is 37.4 Å². The fourth-order valence-corrected chi connectivity index (χ4v) is 1.81. The molecule has 1 amide bonds. The number of carbonyl (C=O) groups is 1. The van der Waals surface area contributed by atoms with Crippen molar-refractivity contribution in [3.8, 4) is 0 Å². The molecule has 0 aliphatic carbocycles. The van der Waals surface area contributed by atoms with Gasteiger partial charge < -0.3 is 15.0 Å². The van der Waals surface area contributed by atoms with Gasteiger partial charge in [-0.3, -0.25) is 14.9 Å². The van der Waals surface area contributed by atoms with Crippen LogP contribution in [0.5, 0.6) is 0 Å². The monoisotopic (exact) mass is 346 g/mol. The van der Waals surface area contributed by atoms with E-state index < -0.39 is 4.92 Å². The van der Waals surface area contributed by atoms with Crippen LogP contribution in [0.4, 0.5) is 11.5 Å². The summed E-state index contributed by atoms with van der Waals surface area (Å²) in [5.41, 5.74) is -0.161. The van der Waals surface area contributed by atoms with Crippen molar-refractivity contribution >= 4 is 33.3 Å². The quantitative estimate of drug-likeness (QED) is 0.448. The van der Waals surface area contributed by atoms with Crippen molar-refractivity contribution in [2.75, 3.05) is 38.8 Å². The average Bonchev–Trinajstić information content (AvgIpc) is 2.38. The average molecular weight is 347 g/mol. The van der Waals surface area contributed by atoms with Crippen molar-refractivity contribution in [1.82, 2.24) is 10.3 Å². The smallest absolute Gasteiger partial charge is 0.312 e. The summed E-state index contributed by atoms with van der Waals surface area (Å²) in [6, 6.07) is 1.35. The molecular formula is C11H15BrN4O4. The number of rotatable bonds is 7. The highest BCUT2D eigenvalue weighted by Crippen LogP contribution is 2.27. The zero-order chi connectivity index (χ0) is 15.1. The second-order valence-corrected chi connectivity index (χ2v) is 4.87. The number of pyridine rings is 1. The van der Waals surface area contributed by atoms with Crippen molar-refractivity contribution in [2.45, 2.75) is 0 Å². The molecule has 0 unspecified atom stereocenters. The number of hydrogen-bond donors (Lipinski definition) is 1. The van der Waals surface area contributed by atoms with E-state index in [0.29, 0.717) is 17.6 Å². The minimum atomic E-state index is -0.535. The maximum Gasteiger partial charge on any atom is 0.312 e. The fraction of sp³-hybridized carbons (Fsp3) is 0.455. The molecule has 20 heavy (non-hydrogen) atoms. The highest BCUT2D eigenvalue weighted by molar-refractivity contribution is 9.10. The first-order valence-electron chi connectivity index (χ1n) is 5.72. The number of ether oxygens (including phenoxy) is 1. The van der Waals surface area contributed by atoms with Crippen LogP contribution < -0.4 is 10.2 Å². The molecule has 0 aliphatic heterocycles. The van der Waals surface area contributed by atoms with Crippen molar-refractivity contribution in [3.05, 3.63) is 26.9 Å². The number of nitrogens with one attached hydrogen (secondary N) is 1. The molecule has 1 N–H and O–H groups in total. The molecule has 0 aliphatic rings. The van der Waals surface area contributed by atoms with E-state index in [2.05, 4.69) is 26.2 Å². The number of likely N-dealkylation sites (N-methyl/N-ethyl adjacent to an activating group) is 1. The van der Waals surface area contributed by atoms with Crippen LogP contribution in [0.1, 0.15) is 0 Å². The van der Waals surface area contributed by atoms with Gasteiger partial charge in [-0.1, -0.05) is 0 Å². The van der Waals surface area contributed by atoms with Gasteiger partial charge in [0.1, 0.15) is 0 Å². The molecule has 9 heteroatoms. The van der Waals surface area contributed by atoms with Crippen LogP contribution >= 0.6 is 15.9 Å². The normalized spacial score (nSPS) is 10.2. The summed E-state index contributed by atoms with van der Waals surface area (Å²) in [6.07, 6.45) is 1.45. The van der Waals surface area contributed by atoms with Crippen LogP contribution in [0, 0.1) is 10.1 Å². The Morgan fingerprint density at radius 3 is 2.95 bits per heavy atom. The van der Waals surface area contributed by atoms with Gasteiger partial charge >= 0.3 is 5.69 Å². The van der Waals surface area contributed by atoms with Crippen molar-refractivity contribution in [2.24, 2.45) is 0 Å². The van der Waals surface area contributed by atoms with E-state index in [1.54, 1.807) is 7.05 Å². The molecule has 0 aromatic carbocycles. The van der Waals surface area contributed by atoms with E-state index >= 15 is 0 Å². The van der Waals surface area contributed by atoms with Crippen LogP contribution in [-0.2, 0) is 9.53 Å². The summed E-state index contributed by atoms with van der Waals surface area (Å²) in [5.74, 6) is -0.122. The summed E-state index contributed by atoms with van der Waals surface area (Å²) >= 11 is 3.13. The molecule has 1 rings (SSSR count). The number of halogens is 1. The number of methoxy groups -OCH3 is 1. The van der Waals surface area contributed by atoms with E-state index in [0.717, 1.165) is 0 Å². The van der Waals surface area contributed by atoms with Crippen LogP contribution in [0.3, 0.4) is 0 Å². The Morgan fingerprint density at radius 2 is 2.35 bits per heavy atom. The molecule has 0 saturated heterocycles. The molecule has 110 valence electrons. The first-order chi connectivity index (χ1) is 9.45. The Hall–Kier alpha value is -1.74. The molecule has 1 heterocycles. The minimum absolute atomic E-state index is 0.0286. The van der Waals surface area contributed by atoms with Gasteiger partial charge in [-0.05, 0) is 15.9 Å².